The summed E-state index contributed by atoms with van der Waals surface area (Å²) in [5.74, 6) is 0.356. The van der Waals surface area contributed by atoms with Crippen LogP contribution in [0.25, 0.3) is 5.69 Å². The zero-order valence-corrected chi connectivity index (χ0v) is 17.1. The minimum absolute atomic E-state index is 0.0102. The van der Waals surface area contributed by atoms with Crippen LogP contribution in [0.1, 0.15) is 34.3 Å². The summed E-state index contributed by atoms with van der Waals surface area (Å²) in [4.78, 5) is 26.2. The van der Waals surface area contributed by atoms with Crippen molar-refractivity contribution in [2.45, 2.75) is 31.8 Å². The maximum Gasteiger partial charge on any atom is 0.227 e. The number of rotatable bonds is 6. The van der Waals surface area contributed by atoms with Gasteiger partial charge in [-0.15, -0.1) is 5.10 Å². The minimum atomic E-state index is -0.0102. The van der Waals surface area contributed by atoms with Gasteiger partial charge >= 0.3 is 0 Å². The van der Waals surface area contributed by atoms with Crippen LogP contribution in [0.5, 0.6) is 0 Å². The van der Waals surface area contributed by atoms with Gasteiger partial charge in [0.1, 0.15) is 0 Å². The first-order chi connectivity index (χ1) is 14.0. The Labute approximate surface area is 173 Å². The van der Waals surface area contributed by atoms with Crippen LogP contribution in [-0.4, -0.2) is 44.2 Å². The molecule has 2 aromatic carbocycles. The molecule has 0 saturated carbocycles. The van der Waals surface area contributed by atoms with Crippen molar-refractivity contribution in [1.29, 1.82) is 0 Å². The van der Waals surface area contributed by atoms with Crippen molar-refractivity contribution in [3.63, 3.8) is 0 Å². The predicted octanol–water partition coefficient (Wildman–Crippen LogP) is 3.38. The van der Waals surface area contributed by atoms with Crippen molar-refractivity contribution >= 4 is 29.1 Å². The number of ketones is 1. The molecule has 0 bridgehead atoms. The second kappa shape index (κ2) is 8.16. The monoisotopic (exact) mass is 407 g/mol. The largest absolute Gasteiger partial charge is 0.312 e. The maximum atomic E-state index is 12.6. The normalized spacial score (nSPS) is 13.9. The summed E-state index contributed by atoms with van der Waals surface area (Å²) < 4.78 is 1.65. The summed E-state index contributed by atoms with van der Waals surface area (Å²) in [6, 6.07) is 13.2. The number of carbonyl (C=O) groups excluding carboxylic acids is 2. The molecular weight excluding hydrogens is 386 g/mol. The maximum absolute atomic E-state index is 12.6. The number of hydrogen-bond acceptors (Lipinski definition) is 6. The van der Waals surface area contributed by atoms with E-state index in [9.17, 15) is 9.59 Å². The molecule has 0 radical (unpaired) electrons. The predicted molar refractivity (Wildman–Crippen MR) is 112 cm³/mol. The highest BCUT2D eigenvalue weighted by atomic mass is 32.2. The van der Waals surface area contributed by atoms with E-state index in [1.807, 2.05) is 37.3 Å². The van der Waals surface area contributed by atoms with Gasteiger partial charge in [0.2, 0.25) is 11.1 Å². The number of tetrazole rings is 1. The Morgan fingerprint density at radius 2 is 1.83 bits per heavy atom. The molecule has 1 saturated heterocycles. The Morgan fingerprint density at radius 1 is 1.07 bits per heavy atom. The highest BCUT2D eigenvalue weighted by molar-refractivity contribution is 7.99. The molecular formula is C21H21N5O2S. The number of thioether (sulfide) groups is 1. The lowest BCUT2D eigenvalue weighted by Gasteiger charge is -2.15. The van der Waals surface area contributed by atoms with Crippen molar-refractivity contribution in [3.05, 3.63) is 59.2 Å². The molecule has 4 rings (SSSR count). The summed E-state index contributed by atoms with van der Waals surface area (Å²) in [5, 5.41) is 12.4. The van der Waals surface area contributed by atoms with Gasteiger partial charge in [-0.1, -0.05) is 17.8 Å². The fraction of sp³-hybridized carbons (Fsp3) is 0.286. The van der Waals surface area contributed by atoms with Crippen molar-refractivity contribution in [2.24, 2.45) is 0 Å². The van der Waals surface area contributed by atoms with Gasteiger partial charge in [-0.25, -0.2) is 0 Å². The number of amides is 1. The molecule has 0 spiro atoms. The zero-order valence-electron chi connectivity index (χ0n) is 16.3. The summed E-state index contributed by atoms with van der Waals surface area (Å²) in [6.07, 6.45) is 1.47. The first kappa shape index (κ1) is 19.3. The zero-order chi connectivity index (χ0) is 20.4. The van der Waals surface area contributed by atoms with Crippen LogP contribution in [0.3, 0.4) is 0 Å². The minimum Gasteiger partial charge on any atom is -0.312 e. The third-order valence-corrected chi connectivity index (χ3v) is 6.00. The second-order valence-corrected chi connectivity index (χ2v) is 7.99. The number of carbonyl (C=O) groups is 2. The fourth-order valence-corrected chi connectivity index (χ4v) is 4.04. The number of nitrogens with zero attached hydrogens (tertiary/aromatic N) is 5. The molecule has 2 heterocycles. The van der Waals surface area contributed by atoms with Gasteiger partial charge in [0.15, 0.2) is 5.78 Å². The topological polar surface area (TPSA) is 81.0 Å². The molecule has 0 unspecified atom stereocenters. The fourth-order valence-electron chi connectivity index (χ4n) is 3.25. The van der Waals surface area contributed by atoms with E-state index in [4.69, 9.17) is 0 Å². The van der Waals surface area contributed by atoms with Gasteiger partial charge in [0.05, 0.1) is 11.4 Å². The molecule has 0 N–H and O–H groups in total. The number of anilines is 1. The Bertz CT molecular complexity index is 1060. The average molecular weight is 407 g/mol. The highest BCUT2D eigenvalue weighted by Gasteiger charge is 2.21. The number of aromatic nitrogens is 4. The van der Waals surface area contributed by atoms with Gasteiger partial charge in [-0.05, 0) is 78.2 Å². The molecule has 0 aliphatic carbocycles. The van der Waals surface area contributed by atoms with E-state index in [2.05, 4.69) is 22.4 Å². The summed E-state index contributed by atoms with van der Waals surface area (Å²) in [5.41, 5.74) is 4.67. The van der Waals surface area contributed by atoms with Gasteiger partial charge < -0.3 is 4.90 Å². The summed E-state index contributed by atoms with van der Waals surface area (Å²) in [7, 11) is 0. The van der Waals surface area contributed by atoms with Crippen LogP contribution in [0.2, 0.25) is 0 Å². The molecule has 0 atom stereocenters. The number of benzene rings is 2. The lowest BCUT2D eigenvalue weighted by molar-refractivity contribution is -0.117. The van der Waals surface area contributed by atoms with E-state index in [1.54, 1.807) is 21.7 Å². The van der Waals surface area contributed by atoms with Crippen LogP contribution in [0, 0.1) is 13.8 Å². The van der Waals surface area contributed by atoms with Crippen molar-refractivity contribution < 1.29 is 9.59 Å². The first-order valence-electron chi connectivity index (χ1n) is 9.45. The molecule has 1 fully saturated rings. The molecule has 29 heavy (non-hydrogen) atoms. The van der Waals surface area contributed by atoms with E-state index in [1.165, 1.54) is 17.3 Å². The Morgan fingerprint density at radius 3 is 2.52 bits per heavy atom. The van der Waals surface area contributed by atoms with Crippen LogP contribution in [0.15, 0.2) is 47.6 Å². The number of aryl methyl sites for hydroxylation is 2. The SMILES string of the molecule is Cc1ccc(-n2nnnc2SCC(=O)c2ccc(N3CCCC3=O)cc2)cc1C. The van der Waals surface area contributed by atoms with E-state index in [0.717, 1.165) is 29.9 Å². The highest BCUT2D eigenvalue weighted by Crippen LogP contribution is 2.24. The first-order valence-corrected chi connectivity index (χ1v) is 10.4. The molecule has 1 aliphatic heterocycles. The Kier molecular flexibility index (Phi) is 5.44. The molecule has 1 aromatic heterocycles. The molecule has 1 aliphatic rings. The average Bonchev–Trinajstić information content (AvgIpc) is 3.37. The van der Waals surface area contributed by atoms with Gasteiger partial charge in [-0.3, -0.25) is 9.59 Å². The quantitative estimate of drug-likeness (QED) is 0.460. The van der Waals surface area contributed by atoms with E-state index in [-0.39, 0.29) is 17.4 Å². The van der Waals surface area contributed by atoms with Crippen molar-refractivity contribution in [3.8, 4) is 5.69 Å². The van der Waals surface area contributed by atoms with Gasteiger partial charge in [0.25, 0.3) is 0 Å². The lowest BCUT2D eigenvalue weighted by Crippen LogP contribution is -2.23. The van der Waals surface area contributed by atoms with E-state index >= 15 is 0 Å². The number of hydrogen-bond donors (Lipinski definition) is 0. The summed E-state index contributed by atoms with van der Waals surface area (Å²) in [6.45, 7) is 4.83. The Balaban J connectivity index is 1.43. The van der Waals surface area contributed by atoms with Crippen LogP contribution < -0.4 is 4.90 Å². The third kappa shape index (κ3) is 4.07. The van der Waals surface area contributed by atoms with E-state index in [0.29, 0.717) is 17.1 Å². The molecule has 7 nitrogen and oxygen atoms in total. The second-order valence-electron chi connectivity index (χ2n) is 7.05. The molecule has 8 heteroatoms. The standard InChI is InChI=1S/C21H21N5O2S/c1-14-5-8-18(12-15(14)2)26-21(22-23-24-26)29-13-19(27)16-6-9-17(10-7-16)25-11-3-4-20(25)28/h5-10,12H,3-4,11,13H2,1-2H3. The van der Waals surface area contributed by atoms with Crippen molar-refractivity contribution in [2.75, 3.05) is 17.2 Å². The van der Waals surface area contributed by atoms with Crippen LogP contribution in [0.4, 0.5) is 5.69 Å². The third-order valence-electron chi connectivity index (χ3n) is 5.08. The molecule has 1 amide bonds. The van der Waals surface area contributed by atoms with E-state index < -0.39 is 0 Å². The molecule has 3 aromatic rings. The smallest absolute Gasteiger partial charge is 0.227 e. The Hall–Kier alpha value is -3.00. The van der Waals surface area contributed by atoms with Gasteiger partial charge in [-0.2, -0.15) is 4.68 Å². The molecule has 148 valence electrons. The lowest BCUT2D eigenvalue weighted by atomic mass is 10.1. The van der Waals surface area contributed by atoms with Gasteiger partial charge in [0, 0.05) is 24.2 Å². The van der Waals surface area contributed by atoms with Crippen LogP contribution in [-0.2, 0) is 4.79 Å². The van der Waals surface area contributed by atoms with Crippen LogP contribution >= 0.6 is 11.8 Å². The van der Waals surface area contributed by atoms with Crippen molar-refractivity contribution in [1.82, 2.24) is 20.2 Å². The summed E-state index contributed by atoms with van der Waals surface area (Å²) >= 11 is 1.30. The number of Topliss-reactive ketones (excluding diaryl/α,β-unsaturated/α-hetero) is 1.